The number of aryl methyl sites for hydroxylation is 2. The zero-order valence-corrected chi connectivity index (χ0v) is 24.6. The van der Waals surface area contributed by atoms with E-state index in [2.05, 4.69) is 5.32 Å². The summed E-state index contributed by atoms with van der Waals surface area (Å²) in [5.74, 6) is -0.219. The molecule has 1 atom stereocenters. The lowest BCUT2D eigenvalue weighted by atomic mass is 10.1. The second-order valence-electron chi connectivity index (χ2n) is 9.35. The summed E-state index contributed by atoms with van der Waals surface area (Å²) in [6.07, 6.45) is 0.351. The molecule has 40 heavy (non-hydrogen) atoms. The van der Waals surface area contributed by atoms with Crippen LogP contribution in [0.1, 0.15) is 30.0 Å². The highest BCUT2D eigenvalue weighted by molar-refractivity contribution is 7.92. The van der Waals surface area contributed by atoms with Crippen molar-refractivity contribution in [2.24, 2.45) is 0 Å². The van der Waals surface area contributed by atoms with Gasteiger partial charge in [0, 0.05) is 19.7 Å². The molecule has 0 bridgehead atoms. The van der Waals surface area contributed by atoms with Gasteiger partial charge < -0.3 is 19.7 Å². The van der Waals surface area contributed by atoms with Gasteiger partial charge in [0.05, 0.1) is 24.8 Å². The lowest BCUT2D eigenvalue weighted by Crippen LogP contribution is -2.51. The van der Waals surface area contributed by atoms with Crippen molar-refractivity contribution in [1.29, 1.82) is 0 Å². The van der Waals surface area contributed by atoms with Crippen LogP contribution in [0.4, 0.5) is 5.69 Å². The van der Waals surface area contributed by atoms with Crippen molar-refractivity contribution in [2.45, 2.75) is 44.7 Å². The average Bonchev–Trinajstić information content (AvgIpc) is 2.96. The van der Waals surface area contributed by atoms with Crippen LogP contribution in [0.3, 0.4) is 0 Å². The van der Waals surface area contributed by atoms with Gasteiger partial charge in [-0.25, -0.2) is 8.42 Å². The maximum atomic E-state index is 14.1. The van der Waals surface area contributed by atoms with Gasteiger partial charge in [-0.3, -0.25) is 13.9 Å². The van der Waals surface area contributed by atoms with E-state index in [4.69, 9.17) is 9.47 Å². The fourth-order valence-electron chi connectivity index (χ4n) is 4.40. The Morgan fingerprint density at radius 2 is 1.57 bits per heavy atom. The van der Waals surface area contributed by atoms with E-state index in [1.807, 2.05) is 45.0 Å². The number of carbonyl (C=O) groups excluding carboxylic acids is 2. The molecule has 0 unspecified atom stereocenters. The largest absolute Gasteiger partial charge is 0.493 e. The fraction of sp³-hybridized carbons (Fsp3) is 0.333. The predicted molar refractivity (Wildman–Crippen MR) is 155 cm³/mol. The number of amides is 2. The number of ether oxygens (including phenoxy) is 2. The molecule has 0 saturated carbocycles. The molecular weight excluding hydrogens is 530 g/mol. The van der Waals surface area contributed by atoms with E-state index in [1.165, 1.54) is 44.4 Å². The van der Waals surface area contributed by atoms with E-state index in [0.29, 0.717) is 17.9 Å². The van der Waals surface area contributed by atoms with E-state index in [9.17, 15) is 18.0 Å². The zero-order valence-electron chi connectivity index (χ0n) is 23.8. The van der Waals surface area contributed by atoms with Crippen LogP contribution in [0.15, 0.2) is 71.6 Å². The van der Waals surface area contributed by atoms with E-state index in [1.54, 1.807) is 24.3 Å². The number of hydrogen-bond donors (Lipinski definition) is 1. The maximum absolute atomic E-state index is 14.1. The number of benzene rings is 3. The smallest absolute Gasteiger partial charge is 0.264 e. The molecule has 0 spiro atoms. The molecule has 0 saturated heterocycles. The number of nitrogens with zero attached hydrogens (tertiary/aromatic N) is 2. The number of nitrogens with one attached hydrogen (secondary N) is 1. The van der Waals surface area contributed by atoms with E-state index >= 15 is 0 Å². The standard InChI is InChI=1S/C30H37N3O6S/c1-7-26(30(35)31-4)32(19-23-11-9-8-10-22(23)3)29(34)20-33(24-14-12-21(2)13-15-24)40(36,37)25-16-17-27(38-5)28(18-25)39-6/h8-18,26H,7,19-20H2,1-6H3,(H,31,35)/t26-/m1/s1. The number of sulfonamides is 1. The van der Waals surface area contributed by atoms with Gasteiger partial charge in [-0.05, 0) is 55.7 Å². The molecule has 3 aromatic carbocycles. The third kappa shape index (κ3) is 6.74. The highest BCUT2D eigenvalue weighted by atomic mass is 32.2. The number of likely N-dealkylation sites (N-methyl/N-ethyl adjacent to an activating group) is 1. The van der Waals surface area contributed by atoms with Crippen molar-refractivity contribution in [3.8, 4) is 11.5 Å². The van der Waals surface area contributed by atoms with Gasteiger partial charge in [0.25, 0.3) is 10.0 Å². The third-order valence-corrected chi connectivity index (χ3v) is 8.55. The molecule has 0 fully saturated rings. The van der Waals surface area contributed by atoms with Crippen molar-refractivity contribution in [2.75, 3.05) is 32.1 Å². The molecule has 0 aliphatic carbocycles. The molecule has 3 aromatic rings. The Balaban J connectivity index is 2.10. The van der Waals surface area contributed by atoms with Crippen LogP contribution in [0.25, 0.3) is 0 Å². The van der Waals surface area contributed by atoms with Gasteiger partial charge in [0.15, 0.2) is 11.5 Å². The molecule has 9 nitrogen and oxygen atoms in total. The number of anilines is 1. The van der Waals surface area contributed by atoms with Crippen LogP contribution in [-0.2, 0) is 26.2 Å². The van der Waals surface area contributed by atoms with Gasteiger partial charge in [0.1, 0.15) is 12.6 Å². The molecular formula is C30H37N3O6S. The molecule has 0 aromatic heterocycles. The third-order valence-electron chi connectivity index (χ3n) is 6.78. The normalized spacial score (nSPS) is 11.8. The summed E-state index contributed by atoms with van der Waals surface area (Å²) >= 11 is 0. The number of carbonyl (C=O) groups is 2. The zero-order chi connectivity index (χ0) is 29.4. The van der Waals surface area contributed by atoms with Crippen molar-refractivity contribution >= 4 is 27.5 Å². The highest BCUT2D eigenvalue weighted by Gasteiger charge is 2.34. The summed E-state index contributed by atoms with van der Waals surface area (Å²) < 4.78 is 39.8. The van der Waals surface area contributed by atoms with E-state index in [-0.39, 0.29) is 23.1 Å². The fourth-order valence-corrected chi connectivity index (χ4v) is 5.83. The Kier molecular flexibility index (Phi) is 10.2. The first kappa shape index (κ1) is 30.5. The number of hydrogen-bond acceptors (Lipinski definition) is 6. The Bertz CT molecular complexity index is 1440. The second kappa shape index (κ2) is 13.3. The SMILES string of the molecule is CC[C@H](C(=O)NC)N(Cc1ccccc1C)C(=O)CN(c1ccc(C)cc1)S(=O)(=O)c1ccc(OC)c(OC)c1. The minimum absolute atomic E-state index is 0.0673. The molecule has 1 N–H and O–H groups in total. The average molecular weight is 568 g/mol. The molecule has 2 amide bonds. The van der Waals surface area contributed by atoms with E-state index in [0.717, 1.165) is 21.0 Å². The first-order chi connectivity index (χ1) is 19.1. The molecule has 0 radical (unpaired) electrons. The molecule has 10 heteroatoms. The molecule has 0 aliphatic heterocycles. The summed E-state index contributed by atoms with van der Waals surface area (Å²) in [5.41, 5.74) is 3.08. The Morgan fingerprint density at radius 1 is 0.925 bits per heavy atom. The van der Waals surface area contributed by atoms with Gasteiger partial charge in [-0.15, -0.1) is 0 Å². The van der Waals surface area contributed by atoms with Crippen molar-refractivity contribution < 1.29 is 27.5 Å². The van der Waals surface area contributed by atoms with Gasteiger partial charge in [0.2, 0.25) is 11.8 Å². The first-order valence-electron chi connectivity index (χ1n) is 12.9. The summed E-state index contributed by atoms with van der Waals surface area (Å²) in [5, 5.41) is 2.63. The van der Waals surface area contributed by atoms with Crippen LogP contribution >= 0.6 is 0 Å². The van der Waals surface area contributed by atoms with Crippen molar-refractivity contribution in [3.63, 3.8) is 0 Å². The summed E-state index contributed by atoms with van der Waals surface area (Å²) in [7, 11) is 0.153. The van der Waals surface area contributed by atoms with Crippen LogP contribution < -0.4 is 19.1 Å². The quantitative estimate of drug-likeness (QED) is 0.354. The van der Waals surface area contributed by atoms with Crippen molar-refractivity contribution in [1.82, 2.24) is 10.2 Å². The lowest BCUT2D eigenvalue weighted by Gasteiger charge is -2.33. The topological polar surface area (TPSA) is 105 Å². The highest BCUT2D eigenvalue weighted by Crippen LogP contribution is 2.32. The second-order valence-corrected chi connectivity index (χ2v) is 11.2. The Hall–Kier alpha value is -4.05. The summed E-state index contributed by atoms with van der Waals surface area (Å²) in [6, 6.07) is 17.9. The number of rotatable bonds is 12. The summed E-state index contributed by atoms with van der Waals surface area (Å²) in [6.45, 7) is 5.27. The van der Waals surface area contributed by atoms with Crippen LogP contribution in [0, 0.1) is 13.8 Å². The Morgan fingerprint density at radius 3 is 2.15 bits per heavy atom. The van der Waals surface area contributed by atoms with Crippen LogP contribution in [-0.4, -0.2) is 59.0 Å². The maximum Gasteiger partial charge on any atom is 0.264 e. The minimum Gasteiger partial charge on any atom is -0.493 e. The van der Waals surface area contributed by atoms with E-state index < -0.39 is 28.5 Å². The first-order valence-corrected chi connectivity index (χ1v) is 14.4. The molecule has 0 aliphatic rings. The number of methoxy groups -OCH3 is 2. The predicted octanol–water partition coefficient (Wildman–Crippen LogP) is 4.07. The van der Waals surface area contributed by atoms with Crippen molar-refractivity contribution in [3.05, 3.63) is 83.4 Å². The lowest BCUT2D eigenvalue weighted by molar-refractivity contribution is -0.140. The van der Waals surface area contributed by atoms with Crippen LogP contribution in [0.5, 0.6) is 11.5 Å². The van der Waals surface area contributed by atoms with Gasteiger partial charge in [-0.2, -0.15) is 0 Å². The Labute approximate surface area is 236 Å². The molecule has 0 heterocycles. The molecule has 214 valence electrons. The van der Waals surface area contributed by atoms with Crippen LogP contribution in [0.2, 0.25) is 0 Å². The van der Waals surface area contributed by atoms with Gasteiger partial charge in [-0.1, -0.05) is 48.9 Å². The van der Waals surface area contributed by atoms with Gasteiger partial charge >= 0.3 is 0 Å². The summed E-state index contributed by atoms with van der Waals surface area (Å²) in [4.78, 5) is 28.3. The monoisotopic (exact) mass is 567 g/mol. The minimum atomic E-state index is -4.24. The molecule has 3 rings (SSSR count).